The Balaban J connectivity index is 2.07. The zero-order chi connectivity index (χ0) is 22.4. The molecule has 0 saturated heterocycles. The highest BCUT2D eigenvalue weighted by atomic mass is 35.5. The van der Waals surface area contributed by atoms with Crippen LogP contribution < -0.4 is 10.9 Å². The van der Waals surface area contributed by atoms with Crippen LogP contribution in [0.2, 0.25) is 5.02 Å². The van der Waals surface area contributed by atoms with E-state index in [1.54, 1.807) is 38.2 Å². The minimum Gasteiger partial charge on any atom is -0.469 e. The van der Waals surface area contributed by atoms with Crippen LogP contribution in [0.1, 0.15) is 37.9 Å². The highest BCUT2D eigenvalue weighted by Gasteiger charge is 2.25. The molecule has 0 fully saturated rings. The summed E-state index contributed by atoms with van der Waals surface area (Å²) in [6.45, 7) is 3.57. The molecule has 0 spiro atoms. The Hall–Kier alpha value is -3.26. The van der Waals surface area contributed by atoms with Crippen molar-refractivity contribution in [3.8, 4) is 0 Å². The molecule has 0 saturated carbocycles. The average molecular weight is 442 g/mol. The summed E-state index contributed by atoms with van der Waals surface area (Å²) in [6.07, 6.45) is 2.14. The molecule has 0 unspecified atom stereocenters. The van der Waals surface area contributed by atoms with E-state index in [9.17, 15) is 9.59 Å². The van der Waals surface area contributed by atoms with Gasteiger partial charge in [-0.3, -0.25) is 30.4 Å². The number of methoxy groups -OCH3 is 1. The lowest BCUT2D eigenvalue weighted by atomic mass is 10.0. The molecule has 2 N–H and O–H groups in total. The van der Waals surface area contributed by atoms with Gasteiger partial charge in [0.25, 0.3) is 0 Å². The number of ether oxygens (including phenoxy) is 1. The number of nitrogens with zero attached hydrogens (tertiary/aromatic N) is 3. The summed E-state index contributed by atoms with van der Waals surface area (Å²) in [6, 6.07) is 10.3. The van der Waals surface area contributed by atoms with Gasteiger partial charge < -0.3 is 4.74 Å². The number of amidine groups is 1. The summed E-state index contributed by atoms with van der Waals surface area (Å²) in [4.78, 5) is 37.9. The zero-order valence-corrected chi connectivity index (χ0v) is 18.3. The maximum absolute atomic E-state index is 12.1. The number of hydrazine groups is 1. The molecule has 1 aliphatic heterocycles. The van der Waals surface area contributed by atoms with Crippen LogP contribution in [0.5, 0.6) is 0 Å². The Labute approximate surface area is 185 Å². The van der Waals surface area contributed by atoms with E-state index in [1.165, 1.54) is 7.11 Å². The first-order valence-corrected chi connectivity index (χ1v) is 10.3. The van der Waals surface area contributed by atoms with E-state index in [0.29, 0.717) is 39.9 Å². The summed E-state index contributed by atoms with van der Waals surface area (Å²) in [5, 5.41) is 0.535. The number of carbonyl (C=O) groups excluding carboxylic acids is 2. The van der Waals surface area contributed by atoms with Crippen LogP contribution in [0, 0.1) is 5.92 Å². The van der Waals surface area contributed by atoms with Crippen molar-refractivity contribution in [3.63, 3.8) is 0 Å². The second-order valence-corrected chi connectivity index (χ2v) is 7.69. The van der Waals surface area contributed by atoms with Crippen molar-refractivity contribution in [3.05, 3.63) is 58.9 Å². The van der Waals surface area contributed by atoms with Crippen LogP contribution in [0.25, 0.3) is 0 Å². The minimum absolute atomic E-state index is 0.135. The van der Waals surface area contributed by atoms with E-state index in [-0.39, 0.29) is 24.2 Å². The number of rotatable bonds is 5. The number of hydrogen-bond acceptors (Lipinski definition) is 7. The summed E-state index contributed by atoms with van der Waals surface area (Å²) >= 11 is 6.26. The molecule has 1 aliphatic rings. The van der Waals surface area contributed by atoms with Crippen LogP contribution >= 0.6 is 11.6 Å². The number of fused-ring (bicyclic) bond motifs is 1. The number of nitrogens with one attached hydrogen (secondary N) is 2. The van der Waals surface area contributed by atoms with Crippen molar-refractivity contribution < 1.29 is 14.3 Å². The normalized spacial score (nSPS) is 15.3. The fourth-order valence-electron chi connectivity index (χ4n) is 2.93. The van der Waals surface area contributed by atoms with Gasteiger partial charge in [0.2, 0.25) is 5.91 Å². The summed E-state index contributed by atoms with van der Waals surface area (Å²) in [5.41, 5.74) is 8.14. The largest absolute Gasteiger partial charge is 0.469 e. The fourth-order valence-corrected chi connectivity index (χ4v) is 3.10. The molecule has 3 rings (SSSR count). The predicted molar refractivity (Wildman–Crippen MR) is 120 cm³/mol. The third-order valence-electron chi connectivity index (χ3n) is 4.65. The van der Waals surface area contributed by atoms with Crippen molar-refractivity contribution in [2.45, 2.75) is 32.7 Å². The van der Waals surface area contributed by atoms with E-state index in [0.717, 1.165) is 0 Å². The molecule has 0 bridgehead atoms. The molecule has 1 amide bonds. The van der Waals surface area contributed by atoms with Gasteiger partial charge in [-0.15, -0.1) is 0 Å². The Morgan fingerprint density at radius 1 is 1.23 bits per heavy atom. The van der Waals surface area contributed by atoms with Crippen molar-refractivity contribution in [2.75, 3.05) is 7.11 Å². The zero-order valence-electron chi connectivity index (χ0n) is 17.6. The highest BCUT2D eigenvalue weighted by Crippen LogP contribution is 2.29. The molecule has 1 aromatic carbocycles. The van der Waals surface area contributed by atoms with Crippen molar-refractivity contribution in [1.29, 1.82) is 0 Å². The predicted octanol–water partition coefficient (Wildman–Crippen LogP) is 3.21. The van der Waals surface area contributed by atoms with E-state index < -0.39 is 6.04 Å². The van der Waals surface area contributed by atoms with Crippen LogP contribution in [0.3, 0.4) is 0 Å². The number of aromatic nitrogens is 1. The van der Waals surface area contributed by atoms with Gasteiger partial charge in [0.05, 0.1) is 24.2 Å². The first-order valence-electron chi connectivity index (χ1n) is 9.89. The number of pyridine rings is 1. The van der Waals surface area contributed by atoms with Crippen molar-refractivity contribution in [1.82, 2.24) is 15.8 Å². The van der Waals surface area contributed by atoms with Gasteiger partial charge in [0.15, 0.2) is 0 Å². The highest BCUT2D eigenvalue weighted by molar-refractivity contribution is 6.31. The molecule has 31 heavy (non-hydrogen) atoms. The summed E-state index contributed by atoms with van der Waals surface area (Å²) in [7, 11) is 1.34. The first-order chi connectivity index (χ1) is 14.9. The molecular weight excluding hydrogens is 418 g/mol. The molecule has 2 heterocycles. The van der Waals surface area contributed by atoms with Crippen molar-refractivity contribution >= 4 is 40.7 Å². The van der Waals surface area contributed by atoms with Gasteiger partial charge in [0.1, 0.15) is 11.9 Å². The number of benzene rings is 1. The lowest BCUT2D eigenvalue weighted by Gasteiger charge is -2.18. The maximum atomic E-state index is 12.1. The van der Waals surface area contributed by atoms with E-state index >= 15 is 0 Å². The van der Waals surface area contributed by atoms with Gasteiger partial charge in [0, 0.05) is 29.1 Å². The minimum atomic E-state index is -0.547. The van der Waals surface area contributed by atoms with E-state index in [4.69, 9.17) is 26.3 Å². The molecule has 2 aromatic rings. The molecular formula is C22H24ClN5O3. The Bertz CT molecular complexity index is 1020. The van der Waals surface area contributed by atoms with Gasteiger partial charge >= 0.3 is 5.97 Å². The molecule has 0 aliphatic carbocycles. The van der Waals surface area contributed by atoms with E-state index in [2.05, 4.69) is 15.8 Å². The van der Waals surface area contributed by atoms with Crippen LogP contribution in [-0.2, 0) is 14.3 Å². The molecule has 1 atom stereocenters. The Kier molecular flexibility index (Phi) is 7.36. The molecule has 1 aromatic heterocycles. The number of amides is 1. The second kappa shape index (κ2) is 10.2. The van der Waals surface area contributed by atoms with E-state index in [1.807, 2.05) is 18.2 Å². The topological polar surface area (TPSA) is 105 Å². The van der Waals surface area contributed by atoms with Crippen LogP contribution in [-0.4, -0.2) is 41.6 Å². The third-order valence-corrected chi connectivity index (χ3v) is 4.89. The van der Waals surface area contributed by atoms with Gasteiger partial charge in [-0.05, 0) is 36.8 Å². The smallest absolute Gasteiger partial charge is 0.305 e. The lowest BCUT2D eigenvalue weighted by Crippen LogP contribution is -2.47. The quantitative estimate of drug-likeness (QED) is 0.547. The number of carbonyl (C=O) groups is 2. The monoisotopic (exact) mass is 441 g/mol. The number of halogens is 1. The lowest BCUT2D eigenvalue weighted by molar-refractivity contribution is -0.140. The molecule has 9 heteroatoms. The van der Waals surface area contributed by atoms with Gasteiger partial charge in [-0.25, -0.2) is 4.99 Å². The first kappa shape index (κ1) is 22.4. The van der Waals surface area contributed by atoms with Gasteiger partial charge in [-0.2, -0.15) is 0 Å². The van der Waals surface area contributed by atoms with Crippen molar-refractivity contribution in [2.24, 2.45) is 15.9 Å². The average Bonchev–Trinajstić information content (AvgIpc) is 2.92. The SMILES string of the molecule is COC(=O)CC[C@@H]1N=C(c2ccccn2)c2cc(Cl)ccc2N=C1NNC(=O)C(C)C. The number of aliphatic imine (C=N–C) groups is 2. The number of esters is 1. The fraction of sp³-hybridized carbons (Fsp3) is 0.318. The number of hydrogen-bond donors (Lipinski definition) is 2. The second-order valence-electron chi connectivity index (χ2n) is 7.25. The van der Waals surface area contributed by atoms with Gasteiger partial charge in [-0.1, -0.05) is 31.5 Å². The maximum Gasteiger partial charge on any atom is 0.305 e. The molecule has 0 radical (unpaired) electrons. The van der Waals surface area contributed by atoms with Crippen LogP contribution in [0.4, 0.5) is 5.69 Å². The summed E-state index contributed by atoms with van der Waals surface area (Å²) in [5.74, 6) is -0.354. The molecule has 162 valence electrons. The Morgan fingerprint density at radius 3 is 2.71 bits per heavy atom. The Morgan fingerprint density at radius 2 is 2.03 bits per heavy atom. The van der Waals surface area contributed by atoms with Crippen LogP contribution in [0.15, 0.2) is 52.6 Å². The third kappa shape index (κ3) is 5.67. The standard InChI is InChI=1S/C22H24ClN5O3/c1-13(2)22(30)28-27-21-18(9-10-19(29)31-3)25-20(17-6-4-5-11-24-17)15-12-14(23)7-8-16(15)26-21/h4-8,11-13,18H,9-10H2,1-3H3,(H,26,27)(H,28,30)/t18-/m0/s1. The molecule has 8 nitrogen and oxygen atoms in total. The summed E-state index contributed by atoms with van der Waals surface area (Å²) < 4.78 is 4.78.